The van der Waals surface area contributed by atoms with Crippen molar-refractivity contribution >= 4 is 35.1 Å². The number of carbonyl (C=O) groups is 1. The number of hydrazone groups is 1. The van der Waals surface area contributed by atoms with Crippen molar-refractivity contribution in [3.8, 4) is 5.75 Å². The fourth-order valence-electron chi connectivity index (χ4n) is 3.93. The average molecular weight is 531 g/mol. The minimum Gasteiger partial charge on any atom is -0.494 e. The van der Waals surface area contributed by atoms with Gasteiger partial charge in [-0.2, -0.15) is 5.10 Å². The van der Waals surface area contributed by atoms with Crippen LogP contribution in [0.3, 0.4) is 0 Å². The predicted molar refractivity (Wildman–Crippen MR) is 138 cm³/mol. The lowest BCUT2D eigenvalue weighted by atomic mass is 9.90. The lowest BCUT2D eigenvalue weighted by molar-refractivity contribution is -0.205. The van der Waals surface area contributed by atoms with Crippen LogP contribution in [0.4, 0.5) is 0 Å². The first-order valence-electron chi connectivity index (χ1n) is 11.4. The molecule has 4 rings (SSSR count). The van der Waals surface area contributed by atoms with Crippen molar-refractivity contribution in [2.75, 3.05) is 6.61 Å². The third-order valence-electron chi connectivity index (χ3n) is 5.81. The third-order valence-corrected chi connectivity index (χ3v) is 7.05. The number of halogens is 1. The Bertz CT molecular complexity index is 1190. The van der Waals surface area contributed by atoms with Gasteiger partial charge in [0.25, 0.3) is 5.91 Å². The fraction of sp³-hybridized carbons (Fsp3) is 0.308. The number of aliphatic hydroxyl groups excluding tert-OH is 3. The highest BCUT2D eigenvalue weighted by atomic mass is 35.5. The number of benzene rings is 2. The zero-order valence-corrected chi connectivity index (χ0v) is 21.0. The highest BCUT2D eigenvalue weighted by molar-refractivity contribution is 7.12. The van der Waals surface area contributed by atoms with Gasteiger partial charge in [0.1, 0.15) is 36.3 Å². The number of amides is 1. The summed E-state index contributed by atoms with van der Waals surface area (Å²) in [5.74, 6) is 0.381. The van der Waals surface area contributed by atoms with Gasteiger partial charge in [-0.15, -0.1) is 11.3 Å². The van der Waals surface area contributed by atoms with Crippen LogP contribution >= 0.6 is 22.9 Å². The monoisotopic (exact) mass is 530 g/mol. The van der Waals surface area contributed by atoms with E-state index in [1.54, 1.807) is 29.6 Å². The molecule has 2 aromatic carbocycles. The Hall–Kier alpha value is -2.79. The van der Waals surface area contributed by atoms with Crippen LogP contribution in [0.25, 0.3) is 0 Å². The predicted octanol–water partition coefficient (Wildman–Crippen LogP) is 3.33. The van der Waals surface area contributed by atoms with E-state index >= 15 is 0 Å². The minimum absolute atomic E-state index is 0.402. The summed E-state index contributed by atoms with van der Waals surface area (Å²) >= 11 is 7.71. The van der Waals surface area contributed by atoms with Gasteiger partial charge in [0.15, 0.2) is 0 Å². The Kier molecular flexibility index (Phi) is 8.73. The summed E-state index contributed by atoms with van der Waals surface area (Å²) in [5, 5.41) is 37.7. The van der Waals surface area contributed by atoms with Crippen LogP contribution in [-0.2, 0) is 11.2 Å². The van der Waals surface area contributed by atoms with E-state index in [-0.39, 0.29) is 0 Å². The van der Waals surface area contributed by atoms with Gasteiger partial charge in [0.05, 0.1) is 17.7 Å². The van der Waals surface area contributed by atoms with Gasteiger partial charge in [-0.05, 0) is 59.7 Å². The minimum atomic E-state index is -1.49. The van der Waals surface area contributed by atoms with Gasteiger partial charge in [0.2, 0.25) is 0 Å². The van der Waals surface area contributed by atoms with E-state index in [1.807, 2.05) is 37.3 Å². The molecule has 2 heterocycles. The Balaban J connectivity index is 1.49. The van der Waals surface area contributed by atoms with Crippen LogP contribution in [0.5, 0.6) is 5.75 Å². The smallest absolute Gasteiger partial charge is 0.281 e. The number of hydrogen-bond donors (Lipinski definition) is 4. The number of rotatable bonds is 8. The molecule has 0 saturated carbocycles. The third kappa shape index (κ3) is 6.12. The molecule has 0 aliphatic carbocycles. The second-order valence-electron chi connectivity index (χ2n) is 8.29. The van der Waals surface area contributed by atoms with Crippen molar-refractivity contribution in [1.82, 2.24) is 5.43 Å². The van der Waals surface area contributed by atoms with E-state index in [1.165, 1.54) is 17.6 Å². The van der Waals surface area contributed by atoms with Crippen LogP contribution < -0.4 is 10.2 Å². The van der Waals surface area contributed by atoms with Crippen molar-refractivity contribution in [3.63, 3.8) is 0 Å². The fourth-order valence-corrected chi connectivity index (χ4v) is 4.73. The number of carbonyl (C=O) groups excluding carboxylic acids is 1. The summed E-state index contributed by atoms with van der Waals surface area (Å²) in [6.07, 6.45) is -4.59. The highest BCUT2D eigenvalue weighted by Gasteiger charge is 2.43. The molecule has 10 heteroatoms. The van der Waals surface area contributed by atoms with E-state index in [4.69, 9.17) is 21.1 Å². The van der Waals surface area contributed by atoms with E-state index < -0.39 is 36.4 Å². The molecule has 0 unspecified atom stereocenters. The molecule has 8 nitrogen and oxygen atoms in total. The molecular weight excluding hydrogens is 504 g/mol. The van der Waals surface area contributed by atoms with Gasteiger partial charge in [-0.25, -0.2) is 5.43 Å². The molecule has 5 atom stereocenters. The Morgan fingerprint density at radius 2 is 1.92 bits per heavy atom. The van der Waals surface area contributed by atoms with Crippen LogP contribution in [0, 0.1) is 0 Å². The van der Waals surface area contributed by atoms with Crippen LogP contribution in [-0.4, -0.2) is 58.5 Å². The molecule has 190 valence electrons. The summed E-state index contributed by atoms with van der Waals surface area (Å²) in [5.41, 5.74) is 4.78. The van der Waals surface area contributed by atoms with E-state index in [0.29, 0.717) is 28.5 Å². The summed E-state index contributed by atoms with van der Waals surface area (Å²) in [7, 11) is 0. The van der Waals surface area contributed by atoms with Gasteiger partial charge < -0.3 is 24.8 Å². The van der Waals surface area contributed by atoms with Gasteiger partial charge in [0, 0.05) is 5.02 Å². The van der Waals surface area contributed by atoms with Crippen molar-refractivity contribution in [3.05, 3.63) is 86.6 Å². The Labute approximate surface area is 217 Å². The summed E-state index contributed by atoms with van der Waals surface area (Å²) in [6, 6.07) is 16.3. The molecule has 1 fully saturated rings. The largest absolute Gasteiger partial charge is 0.494 e. The number of nitrogens with zero attached hydrogens (tertiary/aromatic N) is 1. The maximum Gasteiger partial charge on any atom is 0.281 e. The molecule has 1 aliphatic rings. The molecule has 4 N–H and O–H groups in total. The molecule has 1 aliphatic heterocycles. The summed E-state index contributed by atoms with van der Waals surface area (Å²) in [4.78, 5) is 12.6. The van der Waals surface area contributed by atoms with Gasteiger partial charge >= 0.3 is 0 Å². The van der Waals surface area contributed by atoms with E-state index in [0.717, 1.165) is 16.9 Å². The van der Waals surface area contributed by atoms with Crippen LogP contribution in [0.15, 0.2) is 65.1 Å². The van der Waals surface area contributed by atoms with E-state index in [2.05, 4.69) is 10.5 Å². The van der Waals surface area contributed by atoms with Crippen LogP contribution in [0.1, 0.15) is 39.4 Å². The molecule has 0 radical (unpaired) electrons. The number of ether oxygens (including phenoxy) is 2. The first-order chi connectivity index (χ1) is 17.4. The molecular formula is C26H27ClN2O6S. The SMILES string of the molecule is CCOc1ccc(Cc2cc([C@@H]3O[C@H](/C=N/NC(=O)c4cccs4)[C@@H](O)[C@H](O)[C@H]3O)ccc2Cl)cc1. The number of hydrogen-bond acceptors (Lipinski definition) is 8. The Morgan fingerprint density at radius 3 is 2.61 bits per heavy atom. The van der Waals surface area contributed by atoms with Crippen molar-refractivity contribution < 1.29 is 29.6 Å². The first kappa shape index (κ1) is 26.3. The maximum atomic E-state index is 12.1. The second-order valence-corrected chi connectivity index (χ2v) is 9.65. The van der Waals surface area contributed by atoms with Gasteiger partial charge in [-0.3, -0.25) is 4.79 Å². The van der Waals surface area contributed by atoms with Crippen molar-refractivity contribution in [2.45, 2.75) is 43.9 Å². The van der Waals surface area contributed by atoms with Crippen LogP contribution in [0.2, 0.25) is 5.02 Å². The molecule has 1 aromatic heterocycles. The second kappa shape index (κ2) is 12.0. The number of thiophene rings is 1. The topological polar surface area (TPSA) is 121 Å². The van der Waals surface area contributed by atoms with Gasteiger partial charge in [-0.1, -0.05) is 41.9 Å². The molecule has 1 amide bonds. The zero-order valence-electron chi connectivity index (χ0n) is 19.5. The molecule has 3 aromatic rings. The summed E-state index contributed by atoms with van der Waals surface area (Å²) < 4.78 is 11.4. The standard InChI is InChI=1S/C26H27ClN2O6S/c1-2-34-18-8-5-15(6-9-18)12-17-13-16(7-10-19(17)27)25-24(32)23(31)22(30)20(35-25)14-28-29-26(33)21-4-3-11-36-21/h3-11,13-14,20,22-25,30-32H,2,12H2,1H3,(H,29,33)/b28-14+/t20-,22-,23+,24-,25+/m1/s1. The molecule has 0 bridgehead atoms. The highest BCUT2D eigenvalue weighted by Crippen LogP contribution is 2.34. The number of nitrogens with one attached hydrogen (secondary N) is 1. The molecule has 0 spiro atoms. The molecule has 36 heavy (non-hydrogen) atoms. The van der Waals surface area contributed by atoms with Crippen molar-refractivity contribution in [1.29, 1.82) is 0 Å². The number of aliphatic hydroxyl groups is 3. The van der Waals surface area contributed by atoms with E-state index in [9.17, 15) is 20.1 Å². The maximum absolute atomic E-state index is 12.1. The Morgan fingerprint density at radius 1 is 1.14 bits per heavy atom. The zero-order chi connectivity index (χ0) is 25.7. The lowest BCUT2D eigenvalue weighted by Gasteiger charge is -2.39. The molecule has 1 saturated heterocycles. The first-order valence-corrected chi connectivity index (χ1v) is 12.7. The summed E-state index contributed by atoms with van der Waals surface area (Å²) in [6.45, 7) is 2.51. The average Bonchev–Trinajstić information content (AvgIpc) is 3.42. The lowest BCUT2D eigenvalue weighted by Crippen LogP contribution is -2.54. The van der Waals surface area contributed by atoms with Crippen molar-refractivity contribution in [2.24, 2.45) is 5.10 Å². The normalized spacial score (nSPS) is 24.1. The quantitative estimate of drug-likeness (QED) is 0.262.